The van der Waals surface area contributed by atoms with E-state index in [0.29, 0.717) is 0 Å². The Hall–Kier alpha value is -1.63. The van der Waals surface area contributed by atoms with Crippen molar-refractivity contribution in [2.45, 2.75) is 12.7 Å². The summed E-state index contributed by atoms with van der Waals surface area (Å²) in [6.07, 6.45) is 0.0366. The van der Waals surface area contributed by atoms with Gasteiger partial charge in [0.1, 0.15) is 5.82 Å². The minimum atomic E-state index is -4.45. The highest BCUT2D eigenvalue weighted by Crippen LogP contribution is 2.35. The molecular formula is C12H9BrF3N3. The van der Waals surface area contributed by atoms with E-state index in [-0.39, 0.29) is 16.8 Å². The molecule has 0 fully saturated rings. The lowest BCUT2D eigenvalue weighted by atomic mass is 10.2. The van der Waals surface area contributed by atoms with Crippen LogP contribution in [0, 0.1) is 0 Å². The van der Waals surface area contributed by atoms with Gasteiger partial charge in [0.15, 0.2) is 0 Å². The maximum atomic E-state index is 12.8. The first-order valence-electron chi connectivity index (χ1n) is 5.32. The molecule has 0 saturated heterocycles. The van der Waals surface area contributed by atoms with Crippen molar-refractivity contribution in [3.05, 3.63) is 52.4 Å². The van der Waals surface area contributed by atoms with Gasteiger partial charge in [-0.05, 0) is 39.7 Å². The topological polar surface area (TPSA) is 37.8 Å². The lowest BCUT2D eigenvalue weighted by Crippen LogP contribution is -2.12. The van der Waals surface area contributed by atoms with Gasteiger partial charge >= 0.3 is 6.18 Å². The summed E-state index contributed by atoms with van der Waals surface area (Å²) in [5, 5.41) is 2.68. The van der Waals surface area contributed by atoms with E-state index in [4.69, 9.17) is 0 Å². The molecule has 0 aliphatic rings. The largest absolute Gasteiger partial charge is 0.419 e. The van der Waals surface area contributed by atoms with Crippen LogP contribution in [-0.4, -0.2) is 9.97 Å². The Balaban J connectivity index is 2.21. The zero-order chi connectivity index (χ0) is 13.9. The number of pyridine rings is 2. The first kappa shape index (κ1) is 13.8. The second-order valence-corrected chi connectivity index (χ2v) is 4.67. The molecule has 0 spiro atoms. The Morgan fingerprint density at radius 3 is 2.53 bits per heavy atom. The number of anilines is 1. The van der Waals surface area contributed by atoms with Crippen molar-refractivity contribution >= 4 is 21.7 Å². The maximum absolute atomic E-state index is 12.8. The highest BCUT2D eigenvalue weighted by molar-refractivity contribution is 9.10. The van der Waals surface area contributed by atoms with Crippen LogP contribution in [0.5, 0.6) is 0 Å². The molecule has 7 heteroatoms. The molecule has 19 heavy (non-hydrogen) atoms. The summed E-state index contributed by atoms with van der Waals surface area (Å²) in [6.45, 7) is 0.250. The van der Waals surface area contributed by atoms with Crippen LogP contribution in [0.2, 0.25) is 0 Å². The Bertz CT molecular complexity index is 558. The fourth-order valence-electron chi connectivity index (χ4n) is 1.48. The average Bonchev–Trinajstić information content (AvgIpc) is 2.37. The van der Waals surface area contributed by atoms with Crippen LogP contribution >= 0.6 is 15.9 Å². The summed E-state index contributed by atoms with van der Waals surface area (Å²) in [7, 11) is 0. The molecule has 0 aliphatic heterocycles. The smallest absolute Gasteiger partial charge is 0.365 e. The zero-order valence-corrected chi connectivity index (χ0v) is 11.2. The molecular weight excluding hydrogens is 323 g/mol. The number of aromatic nitrogens is 2. The number of rotatable bonds is 3. The fourth-order valence-corrected chi connectivity index (χ4v) is 1.81. The van der Waals surface area contributed by atoms with E-state index in [1.165, 1.54) is 6.20 Å². The van der Waals surface area contributed by atoms with Crippen LogP contribution < -0.4 is 5.32 Å². The normalized spacial score (nSPS) is 11.4. The molecule has 2 heterocycles. The summed E-state index contributed by atoms with van der Waals surface area (Å²) >= 11 is 2.99. The summed E-state index contributed by atoms with van der Waals surface area (Å²) in [4.78, 5) is 7.61. The highest BCUT2D eigenvalue weighted by Gasteiger charge is 2.34. The van der Waals surface area contributed by atoms with Gasteiger partial charge in [-0.15, -0.1) is 0 Å². The molecule has 0 aromatic carbocycles. The van der Waals surface area contributed by atoms with E-state index in [9.17, 15) is 13.2 Å². The van der Waals surface area contributed by atoms with Crippen LogP contribution in [0.3, 0.4) is 0 Å². The molecule has 0 unspecified atom stereocenters. The van der Waals surface area contributed by atoms with Crippen LogP contribution in [-0.2, 0) is 12.7 Å². The van der Waals surface area contributed by atoms with Crippen molar-refractivity contribution in [2.24, 2.45) is 0 Å². The van der Waals surface area contributed by atoms with Crippen molar-refractivity contribution in [1.29, 1.82) is 0 Å². The number of hydrogen-bond donors (Lipinski definition) is 1. The van der Waals surface area contributed by atoms with Gasteiger partial charge in [-0.1, -0.05) is 0 Å². The Morgan fingerprint density at radius 2 is 1.89 bits per heavy atom. The number of hydrogen-bond acceptors (Lipinski definition) is 3. The minimum Gasteiger partial charge on any atom is -0.365 e. The van der Waals surface area contributed by atoms with Gasteiger partial charge in [0.2, 0.25) is 0 Å². The number of halogens is 4. The fraction of sp³-hybridized carbons (Fsp3) is 0.167. The highest BCUT2D eigenvalue weighted by atomic mass is 79.9. The van der Waals surface area contributed by atoms with Gasteiger partial charge in [-0.25, -0.2) is 4.98 Å². The van der Waals surface area contributed by atoms with E-state index in [0.717, 1.165) is 11.6 Å². The Kier molecular flexibility index (Phi) is 4.04. The Labute approximate surface area is 116 Å². The van der Waals surface area contributed by atoms with E-state index in [2.05, 4.69) is 31.2 Å². The third-order valence-electron chi connectivity index (χ3n) is 2.37. The molecule has 0 saturated carbocycles. The van der Waals surface area contributed by atoms with E-state index < -0.39 is 11.7 Å². The predicted octanol–water partition coefficient (Wildman–Crippen LogP) is 3.87. The molecule has 2 rings (SSSR count). The lowest BCUT2D eigenvalue weighted by Gasteiger charge is -2.13. The Morgan fingerprint density at radius 1 is 1.21 bits per heavy atom. The zero-order valence-electron chi connectivity index (χ0n) is 9.58. The van der Waals surface area contributed by atoms with Gasteiger partial charge in [0.25, 0.3) is 0 Å². The minimum absolute atomic E-state index is 0.187. The third-order valence-corrected chi connectivity index (χ3v) is 2.80. The van der Waals surface area contributed by atoms with Crippen molar-refractivity contribution in [3.63, 3.8) is 0 Å². The molecule has 3 nitrogen and oxygen atoms in total. The quantitative estimate of drug-likeness (QED) is 0.927. The molecule has 0 radical (unpaired) electrons. The molecule has 1 N–H and O–H groups in total. The first-order valence-corrected chi connectivity index (χ1v) is 6.11. The molecule has 2 aromatic heterocycles. The van der Waals surface area contributed by atoms with Gasteiger partial charge in [-0.2, -0.15) is 13.2 Å². The van der Waals surface area contributed by atoms with Crippen LogP contribution in [0.4, 0.5) is 19.0 Å². The van der Waals surface area contributed by atoms with Crippen molar-refractivity contribution in [2.75, 3.05) is 5.32 Å². The number of alkyl halides is 3. The van der Waals surface area contributed by atoms with Crippen molar-refractivity contribution in [3.8, 4) is 0 Å². The summed E-state index contributed by atoms with van der Waals surface area (Å²) in [6, 6.07) is 4.44. The number of nitrogens with zero attached hydrogens (tertiary/aromatic N) is 2. The van der Waals surface area contributed by atoms with Crippen LogP contribution in [0.1, 0.15) is 11.1 Å². The van der Waals surface area contributed by atoms with Gasteiger partial charge in [0, 0.05) is 29.6 Å². The van der Waals surface area contributed by atoms with Crippen LogP contribution in [0.25, 0.3) is 0 Å². The lowest BCUT2D eigenvalue weighted by molar-refractivity contribution is -0.137. The third kappa shape index (κ3) is 3.66. The monoisotopic (exact) mass is 331 g/mol. The van der Waals surface area contributed by atoms with Gasteiger partial charge in [-0.3, -0.25) is 4.98 Å². The van der Waals surface area contributed by atoms with E-state index >= 15 is 0 Å². The maximum Gasteiger partial charge on any atom is 0.419 e. The number of nitrogens with one attached hydrogen (secondary N) is 1. The summed E-state index contributed by atoms with van der Waals surface area (Å²) in [5.74, 6) is -0.187. The van der Waals surface area contributed by atoms with E-state index in [1.54, 1.807) is 24.5 Å². The van der Waals surface area contributed by atoms with Crippen molar-refractivity contribution in [1.82, 2.24) is 9.97 Å². The summed E-state index contributed by atoms with van der Waals surface area (Å²) < 4.78 is 38.8. The predicted molar refractivity (Wildman–Crippen MR) is 68.5 cm³/mol. The molecule has 0 amide bonds. The first-order chi connectivity index (χ1) is 8.97. The van der Waals surface area contributed by atoms with Gasteiger partial charge < -0.3 is 5.32 Å². The second kappa shape index (κ2) is 5.56. The molecule has 2 aromatic rings. The van der Waals surface area contributed by atoms with E-state index in [1.807, 2.05) is 0 Å². The summed E-state index contributed by atoms with van der Waals surface area (Å²) in [5.41, 5.74) is 0.0313. The van der Waals surface area contributed by atoms with Crippen LogP contribution in [0.15, 0.2) is 41.3 Å². The standard InChI is InChI=1S/C12H9BrF3N3/c13-9-5-10(12(14,15)16)11(19-7-9)18-6-8-1-3-17-4-2-8/h1-5,7H,6H2,(H,18,19). The molecule has 0 aliphatic carbocycles. The molecule has 0 bridgehead atoms. The van der Waals surface area contributed by atoms with Gasteiger partial charge in [0.05, 0.1) is 5.56 Å². The molecule has 0 atom stereocenters. The SMILES string of the molecule is FC(F)(F)c1cc(Br)cnc1NCc1ccncc1. The average molecular weight is 332 g/mol. The molecule has 100 valence electrons. The second-order valence-electron chi connectivity index (χ2n) is 3.76. The van der Waals surface area contributed by atoms with Crippen molar-refractivity contribution < 1.29 is 13.2 Å².